The van der Waals surface area contributed by atoms with Gasteiger partial charge in [0.05, 0.1) is 28.9 Å². The summed E-state index contributed by atoms with van der Waals surface area (Å²) in [6.07, 6.45) is 6.49. The predicted molar refractivity (Wildman–Crippen MR) is 147 cm³/mol. The number of carboxylic acid groups (broad SMARTS) is 1. The predicted octanol–water partition coefficient (Wildman–Crippen LogP) is 3.29. The molecule has 4 aliphatic rings. The number of carbonyl (C=O) groups is 1. The van der Waals surface area contributed by atoms with Gasteiger partial charge in [-0.3, -0.25) is 4.98 Å². The number of hydrogen-bond acceptors (Lipinski definition) is 4. The Balaban J connectivity index is 0.000000164. The first-order valence-corrected chi connectivity index (χ1v) is 13.9. The third-order valence-electron chi connectivity index (χ3n) is 9.06. The molecular formula is C31H35BrN2O3. The number of halogens is 1. The number of aliphatic hydroxyl groups is 1. The zero-order valence-electron chi connectivity index (χ0n) is 21.5. The van der Waals surface area contributed by atoms with Crippen LogP contribution in [-0.2, 0) is 10.2 Å². The van der Waals surface area contributed by atoms with Crippen LogP contribution in [0.2, 0.25) is 0 Å². The van der Waals surface area contributed by atoms with Crippen molar-refractivity contribution in [1.82, 2.24) is 4.98 Å². The molecule has 2 N–H and O–H groups in total. The average molecular weight is 564 g/mol. The molecule has 7 rings (SSSR count). The molecule has 4 fully saturated rings. The van der Waals surface area contributed by atoms with E-state index < -0.39 is 16.4 Å². The number of carboxylic acids is 1. The van der Waals surface area contributed by atoms with E-state index >= 15 is 0 Å². The standard InChI is InChI=1S/C19H22N2O.C12H13BrO2/c1-2-13-12-21-10-8-14(13)11-18(21)19(22)16-7-9-20-17-6-4-3-5-15(16)17;1-8-3-5-9(6-4-8)11(2)7-12(11,13)10(14)15/h2-7,9,13-14,18-19,22H,1,8,10-12H2;3-6H,7H2,1-2H3,(H,14,15)/t13-,14-,18-,19+;11-,12-/m00/s1. The van der Waals surface area contributed by atoms with Gasteiger partial charge >= 0.3 is 0 Å². The van der Waals surface area contributed by atoms with Crippen molar-refractivity contribution in [3.8, 4) is 0 Å². The van der Waals surface area contributed by atoms with Crippen molar-refractivity contribution in [2.45, 2.75) is 55.0 Å². The summed E-state index contributed by atoms with van der Waals surface area (Å²) in [6, 6.07) is 18.4. The highest BCUT2D eigenvalue weighted by molar-refractivity contribution is 9.10. The number of quaternary nitrogens is 1. The third-order valence-corrected chi connectivity index (χ3v) is 10.5. The number of rotatable bonds is 5. The van der Waals surface area contributed by atoms with Crippen LogP contribution >= 0.6 is 15.9 Å². The molecular weight excluding hydrogens is 528 g/mol. The van der Waals surface area contributed by atoms with Gasteiger partial charge in [0.15, 0.2) is 0 Å². The first-order chi connectivity index (χ1) is 17.7. The fourth-order valence-electron chi connectivity index (χ4n) is 6.49. The number of nitrogens with one attached hydrogen (secondary N) is 1. The van der Waals surface area contributed by atoms with E-state index in [1.165, 1.54) is 18.5 Å². The first kappa shape index (κ1) is 26.1. The Bertz CT molecular complexity index is 1310. The lowest BCUT2D eigenvalue weighted by molar-refractivity contribution is -0.949. The first-order valence-electron chi connectivity index (χ1n) is 13.1. The summed E-state index contributed by atoms with van der Waals surface area (Å²) in [5.74, 6) is 0.301. The Labute approximate surface area is 227 Å². The number of piperidine rings is 3. The molecule has 3 aromatic rings. The quantitative estimate of drug-likeness (QED) is 0.369. The average Bonchev–Trinajstić information content (AvgIpc) is 3.52. The molecule has 7 atom stereocenters. The number of nitrogens with zero attached hydrogens (tertiary/aromatic N) is 1. The van der Waals surface area contributed by atoms with Crippen molar-refractivity contribution in [1.29, 1.82) is 0 Å². The molecule has 2 aromatic carbocycles. The minimum absolute atomic E-state index is 0.306. The maximum Gasteiger partial charge on any atom is 0.131 e. The number of para-hydroxylation sites is 1. The van der Waals surface area contributed by atoms with E-state index in [4.69, 9.17) is 0 Å². The third kappa shape index (κ3) is 4.64. The summed E-state index contributed by atoms with van der Waals surface area (Å²) in [4.78, 5) is 16.9. The number of benzene rings is 2. The second-order valence-corrected chi connectivity index (χ2v) is 12.6. The fraction of sp³-hybridized carbons (Fsp3) is 0.419. The van der Waals surface area contributed by atoms with Crippen molar-refractivity contribution in [3.05, 3.63) is 90.1 Å². The van der Waals surface area contributed by atoms with E-state index in [1.807, 2.05) is 68.6 Å². The molecule has 0 spiro atoms. The monoisotopic (exact) mass is 562 g/mol. The Hall–Kier alpha value is -2.54. The van der Waals surface area contributed by atoms with Crippen LogP contribution in [0.4, 0.5) is 0 Å². The molecule has 1 aromatic heterocycles. The second kappa shape index (κ2) is 9.97. The minimum Gasteiger partial charge on any atom is -0.549 e. The molecule has 3 saturated heterocycles. The molecule has 5 nitrogen and oxygen atoms in total. The zero-order valence-corrected chi connectivity index (χ0v) is 23.1. The molecule has 1 saturated carbocycles. The number of alkyl halides is 1. The summed E-state index contributed by atoms with van der Waals surface area (Å²) < 4.78 is -0.880. The molecule has 6 heteroatoms. The van der Waals surface area contributed by atoms with E-state index in [-0.39, 0.29) is 5.41 Å². The smallest absolute Gasteiger partial charge is 0.131 e. The molecule has 0 amide bonds. The number of aryl methyl sites for hydroxylation is 1. The molecule has 37 heavy (non-hydrogen) atoms. The van der Waals surface area contributed by atoms with Gasteiger partial charge in [-0.2, -0.15) is 0 Å². The number of carbonyl (C=O) groups excluding carboxylic acids is 1. The van der Waals surface area contributed by atoms with Crippen LogP contribution in [0.5, 0.6) is 0 Å². The Morgan fingerprint density at radius 2 is 1.97 bits per heavy atom. The highest BCUT2D eigenvalue weighted by Gasteiger charge is 2.64. The second-order valence-electron chi connectivity index (χ2n) is 11.2. The van der Waals surface area contributed by atoms with Gasteiger partial charge in [0.2, 0.25) is 0 Å². The van der Waals surface area contributed by atoms with Gasteiger partial charge in [-0.05, 0) is 42.5 Å². The number of pyridine rings is 1. The zero-order chi connectivity index (χ0) is 26.4. The number of hydrogen-bond donors (Lipinski definition) is 2. The van der Waals surface area contributed by atoms with Crippen LogP contribution < -0.4 is 10.0 Å². The summed E-state index contributed by atoms with van der Waals surface area (Å²) >= 11 is 3.27. The maximum atomic E-state index is 11.0. The summed E-state index contributed by atoms with van der Waals surface area (Å²) in [7, 11) is 0. The van der Waals surface area contributed by atoms with E-state index in [0.29, 0.717) is 24.3 Å². The minimum atomic E-state index is -1.02. The van der Waals surface area contributed by atoms with Crippen LogP contribution in [0.25, 0.3) is 10.9 Å². The lowest BCUT2D eigenvalue weighted by atomic mass is 9.73. The molecule has 0 radical (unpaired) electrons. The van der Waals surface area contributed by atoms with Crippen molar-refractivity contribution < 1.29 is 19.9 Å². The van der Waals surface area contributed by atoms with Crippen LogP contribution in [-0.4, -0.2) is 39.5 Å². The van der Waals surface area contributed by atoms with Gasteiger partial charge in [0, 0.05) is 35.8 Å². The van der Waals surface area contributed by atoms with Crippen LogP contribution in [0.15, 0.2) is 73.4 Å². The largest absolute Gasteiger partial charge is 0.549 e. The number of aliphatic hydroxyl groups excluding tert-OH is 1. The highest BCUT2D eigenvalue weighted by atomic mass is 79.9. The van der Waals surface area contributed by atoms with Gasteiger partial charge in [0.25, 0.3) is 0 Å². The van der Waals surface area contributed by atoms with Crippen LogP contribution in [0.1, 0.15) is 49.0 Å². The number of aliphatic carboxylic acids is 1. The van der Waals surface area contributed by atoms with Gasteiger partial charge in [-0.1, -0.05) is 77.0 Å². The lowest BCUT2D eigenvalue weighted by Gasteiger charge is -2.47. The molecule has 3 aliphatic heterocycles. The van der Waals surface area contributed by atoms with Gasteiger partial charge in [-0.25, -0.2) is 0 Å². The lowest BCUT2D eigenvalue weighted by Crippen LogP contribution is -3.20. The Morgan fingerprint density at radius 3 is 2.59 bits per heavy atom. The van der Waals surface area contributed by atoms with E-state index in [1.54, 1.807) is 4.90 Å². The maximum absolute atomic E-state index is 11.0. The van der Waals surface area contributed by atoms with Crippen LogP contribution in [0.3, 0.4) is 0 Å². The Kier molecular flexibility index (Phi) is 7.03. The van der Waals surface area contributed by atoms with Gasteiger partial charge in [0.1, 0.15) is 12.1 Å². The van der Waals surface area contributed by atoms with E-state index in [9.17, 15) is 15.0 Å². The summed E-state index contributed by atoms with van der Waals surface area (Å²) in [5.41, 5.74) is 3.89. The summed E-state index contributed by atoms with van der Waals surface area (Å²) in [5, 5.41) is 23.1. The van der Waals surface area contributed by atoms with E-state index in [0.717, 1.165) is 35.0 Å². The van der Waals surface area contributed by atoms with E-state index in [2.05, 4.69) is 39.6 Å². The number of fused-ring (bicyclic) bond motifs is 4. The topological polar surface area (TPSA) is 77.7 Å². The van der Waals surface area contributed by atoms with Crippen molar-refractivity contribution in [3.63, 3.8) is 0 Å². The Morgan fingerprint density at radius 1 is 1.24 bits per heavy atom. The van der Waals surface area contributed by atoms with Gasteiger partial charge < -0.3 is 19.9 Å². The van der Waals surface area contributed by atoms with Crippen molar-refractivity contribution >= 4 is 32.8 Å². The SMILES string of the molecule is C=C[C@H]1C[NH+]2CC[C@H]1C[C@H]2[C@H](O)c1ccnc2ccccc12.Cc1ccc([C@]2(C)C[C@]2(Br)C(=O)[O-])cc1. The molecule has 4 heterocycles. The highest BCUT2D eigenvalue weighted by Crippen LogP contribution is 2.62. The van der Waals surface area contributed by atoms with Crippen molar-refractivity contribution in [2.24, 2.45) is 11.8 Å². The molecule has 1 unspecified atom stereocenters. The normalized spacial score (nSPS) is 32.8. The summed E-state index contributed by atoms with van der Waals surface area (Å²) in [6.45, 7) is 10.3. The molecule has 2 bridgehead atoms. The van der Waals surface area contributed by atoms with Gasteiger partial charge in [-0.15, -0.1) is 6.58 Å². The fourth-order valence-corrected chi connectivity index (χ4v) is 7.28. The van der Waals surface area contributed by atoms with Crippen LogP contribution in [0, 0.1) is 18.8 Å². The molecule has 194 valence electrons. The number of aromatic nitrogens is 1. The van der Waals surface area contributed by atoms with Crippen molar-refractivity contribution in [2.75, 3.05) is 13.1 Å². The molecule has 1 aliphatic carbocycles.